The highest BCUT2D eigenvalue weighted by Crippen LogP contribution is 2.36. The first kappa shape index (κ1) is 18.0. The van der Waals surface area contributed by atoms with E-state index in [0.29, 0.717) is 18.3 Å². The molecule has 3 rings (SSSR count). The van der Waals surface area contributed by atoms with Gasteiger partial charge >= 0.3 is 5.97 Å². The molecule has 2 aliphatic rings. The van der Waals surface area contributed by atoms with E-state index in [0.717, 1.165) is 38.8 Å². The summed E-state index contributed by atoms with van der Waals surface area (Å²) in [6.45, 7) is 5.96. The first-order chi connectivity index (χ1) is 12.0. The van der Waals surface area contributed by atoms with E-state index in [1.165, 1.54) is 11.1 Å². The van der Waals surface area contributed by atoms with Crippen molar-refractivity contribution in [1.29, 1.82) is 0 Å². The lowest BCUT2D eigenvalue weighted by Crippen LogP contribution is -2.48. The normalized spacial score (nSPS) is 24.2. The Balaban J connectivity index is 1.48. The molecule has 1 aromatic rings. The van der Waals surface area contributed by atoms with Crippen LogP contribution in [0.4, 0.5) is 0 Å². The number of carbonyl (C=O) groups is 2. The van der Waals surface area contributed by atoms with E-state index in [-0.39, 0.29) is 11.8 Å². The van der Waals surface area contributed by atoms with Gasteiger partial charge in [-0.2, -0.15) is 0 Å². The molecule has 2 unspecified atom stereocenters. The Bertz CT molecular complexity index is 615. The van der Waals surface area contributed by atoms with Crippen LogP contribution in [0.5, 0.6) is 0 Å². The van der Waals surface area contributed by atoms with E-state index in [9.17, 15) is 9.59 Å². The van der Waals surface area contributed by atoms with Crippen LogP contribution in [0.25, 0.3) is 0 Å². The molecule has 0 spiro atoms. The molecule has 0 bridgehead atoms. The second kappa shape index (κ2) is 7.59. The summed E-state index contributed by atoms with van der Waals surface area (Å²) in [4.78, 5) is 25.6. The molecule has 1 aliphatic carbocycles. The number of carboxylic acids is 1. The van der Waals surface area contributed by atoms with Crippen LogP contribution in [0.1, 0.15) is 56.6 Å². The maximum absolute atomic E-state index is 12.5. The molecule has 25 heavy (non-hydrogen) atoms. The average Bonchev–Trinajstić information content (AvgIpc) is 2.54. The third kappa shape index (κ3) is 4.05. The molecule has 4 heteroatoms. The van der Waals surface area contributed by atoms with Gasteiger partial charge in [0.05, 0.1) is 11.8 Å². The lowest BCUT2D eigenvalue weighted by Gasteiger charge is -2.39. The Morgan fingerprint density at radius 3 is 2.12 bits per heavy atom. The molecule has 1 N–H and O–H groups in total. The van der Waals surface area contributed by atoms with E-state index in [2.05, 4.69) is 38.1 Å². The Morgan fingerprint density at radius 2 is 1.64 bits per heavy atom. The molecule has 0 aromatic heterocycles. The molecule has 1 aliphatic heterocycles. The molecule has 0 radical (unpaired) electrons. The third-order valence-electron chi connectivity index (χ3n) is 6.01. The summed E-state index contributed by atoms with van der Waals surface area (Å²) < 4.78 is 0. The van der Waals surface area contributed by atoms with Crippen molar-refractivity contribution in [2.45, 2.75) is 51.9 Å². The Hall–Kier alpha value is -1.84. The minimum Gasteiger partial charge on any atom is -0.481 e. The number of likely N-dealkylation sites (tertiary alicyclic amines) is 1. The predicted octanol–water partition coefficient (Wildman–Crippen LogP) is 3.70. The van der Waals surface area contributed by atoms with Gasteiger partial charge in [0, 0.05) is 13.1 Å². The van der Waals surface area contributed by atoms with Crippen molar-refractivity contribution < 1.29 is 14.7 Å². The van der Waals surface area contributed by atoms with Gasteiger partial charge in [0.15, 0.2) is 0 Å². The zero-order valence-corrected chi connectivity index (χ0v) is 15.3. The van der Waals surface area contributed by atoms with Crippen LogP contribution in [-0.4, -0.2) is 35.0 Å². The SMILES string of the molecule is CC(C)c1ccc(CC2CCN(C(=O)C3CCC3C(=O)O)CC2)cc1. The smallest absolute Gasteiger partial charge is 0.307 e. The van der Waals surface area contributed by atoms with E-state index >= 15 is 0 Å². The molecule has 2 atom stereocenters. The molecular formula is C21H29NO3. The van der Waals surface area contributed by atoms with Gasteiger partial charge in [-0.05, 0) is 55.1 Å². The van der Waals surface area contributed by atoms with E-state index in [1.807, 2.05) is 4.90 Å². The number of hydrogen-bond donors (Lipinski definition) is 1. The summed E-state index contributed by atoms with van der Waals surface area (Å²) in [5.74, 6) is -0.305. The number of carbonyl (C=O) groups excluding carboxylic acids is 1. The largest absolute Gasteiger partial charge is 0.481 e. The van der Waals surface area contributed by atoms with Gasteiger partial charge in [0.1, 0.15) is 0 Å². The number of aliphatic carboxylic acids is 1. The Kier molecular flexibility index (Phi) is 5.45. The van der Waals surface area contributed by atoms with Gasteiger partial charge in [-0.25, -0.2) is 0 Å². The van der Waals surface area contributed by atoms with Gasteiger partial charge in [-0.15, -0.1) is 0 Å². The number of nitrogens with zero attached hydrogens (tertiary/aromatic N) is 1. The van der Waals surface area contributed by atoms with Gasteiger partial charge < -0.3 is 10.0 Å². The van der Waals surface area contributed by atoms with Crippen molar-refractivity contribution in [3.05, 3.63) is 35.4 Å². The summed E-state index contributed by atoms with van der Waals surface area (Å²) in [7, 11) is 0. The zero-order valence-electron chi connectivity index (χ0n) is 15.3. The molecule has 1 heterocycles. The van der Waals surface area contributed by atoms with Crippen molar-refractivity contribution in [3.8, 4) is 0 Å². The van der Waals surface area contributed by atoms with Gasteiger partial charge in [-0.3, -0.25) is 9.59 Å². The van der Waals surface area contributed by atoms with Crippen molar-refractivity contribution in [2.24, 2.45) is 17.8 Å². The van der Waals surface area contributed by atoms with Crippen LogP contribution >= 0.6 is 0 Å². The van der Waals surface area contributed by atoms with Crippen LogP contribution in [0, 0.1) is 17.8 Å². The highest BCUT2D eigenvalue weighted by molar-refractivity contribution is 5.86. The fraction of sp³-hybridized carbons (Fsp3) is 0.619. The van der Waals surface area contributed by atoms with Crippen LogP contribution in [0.15, 0.2) is 24.3 Å². The Morgan fingerprint density at radius 1 is 1.04 bits per heavy atom. The molecule has 4 nitrogen and oxygen atoms in total. The van der Waals surface area contributed by atoms with E-state index in [1.54, 1.807) is 0 Å². The van der Waals surface area contributed by atoms with Gasteiger partial charge in [0.25, 0.3) is 0 Å². The number of piperidine rings is 1. The molecular weight excluding hydrogens is 314 g/mol. The minimum absolute atomic E-state index is 0.0680. The standard InChI is InChI=1S/C21H29NO3/c1-14(2)17-5-3-15(4-6-17)13-16-9-11-22(12-10-16)20(23)18-7-8-19(18)21(24)25/h3-6,14,16,18-19H,7-13H2,1-2H3,(H,24,25). The van der Waals surface area contributed by atoms with Crippen molar-refractivity contribution in [3.63, 3.8) is 0 Å². The molecule has 1 aromatic carbocycles. The maximum Gasteiger partial charge on any atom is 0.307 e. The molecule has 136 valence electrons. The van der Waals surface area contributed by atoms with Crippen LogP contribution in [0.2, 0.25) is 0 Å². The summed E-state index contributed by atoms with van der Waals surface area (Å²) in [6, 6.07) is 8.92. The highest BCUT2D eigenvalue weighted by Gasteiger charge is 2.43. The maximum atomic E-state index is 12.5. The number of rotatable bonds is 5. The van der Waals surface area contributed by atoms with Crippen molar-refractivity contribution in [1.82, 2.24) is 4.90 Å². The lowest BCUT2D eigenvalue weighted by molar-refractivity contribution is -0.157. The molecule has 1 saturated heterocycles. The van der Waals surface area contributed by atoms with Gasteiger partial charge in [0.2, 0.25) is 5.91 Å². The van der Waals surface area contributed by atoms with Crippen molar-refractivity contribution >= 4 is 11.9 Å². The quantitative estimate of drug-likeness (QED) is 0.887. The molecule has 1 amide bonds. The molecule has 1 saturated carbocycles. The van der Waals surface area contributed by atoms with E-state index < -0.39 is 11.9 Å². The fourth-order valence-corrected chi connectivity index (χ4v) is 4.06. The monoisotopic (exact) mass is 343 g/mol. The Labute approximate surface area is 150 Å². The fourth-order valence-electron chi connectivity index (χ4n) is 4.06. The minimum atomic E-state index is -0.815. The highest BCUT2D eigenvalue weighted by atomic mass is 16.4. The van der Waals surface area contributed by atoms with Gasteiger partial charge in [-0.1, -0.05) is 38.1 Å². The topological polar surface area (TPSA) is 57.6 Å². The molecule has 2 fully saturated rings. The zero-order chi connectivity index (χ0) is 18.0. The van der Waals surface area contributed by atoms with E-state index in [4.69, 9.17) is 5.11 Å². The number of benzene rings is 1. The number of hydrogen-bond acceptors (Lipinski definition) is 2. The second-order valence-electron chi connectivity index (χ2n) is 8.00. The summed E-state index contributed by atoms with van der Waals surface area (Å²) in [6.07, 6.45) is 4.48. The predicted molar refractivity (Wildman–Crippen MR) is 97.4 cm³/mol. The van der Waals surface area contributed by atoms with Crippen molar-refractivity contribution in [2.75, 3.05) is 13.1 Å². The third-order valence-corrected chi connectivity index (χ3v) is 6.01. The average molecular weight is 343 g/mol. The lowest BCUT2D eigenvalue weighted by atomic mass is 9.72. The first-order valence-electron chi connectivity index (χ1n) is 9.56. The summed E-state index contributed by atoms with van der Waals surface area (Å²) in [5, 5.41) is 9.14. The second-order valence-corrected chi connectivity index (χ2v) is 8.00. The van der Waals surface area contributed by atoms with Crippen LogP contribution in [-0.2, 0) is 16.0 Å². The number of amides is 1. The first-order valence-corrected chi connectivity index (χ1v) is 9.56. The van der Waals surface area contributed by atoms with Crippen LogP contribution < -0.4 is 0 Å². The number of carboxylic acid groups (broad SMARTS) is 1. The van der Waals surface area contributed by atoms with Crippen LogP contribution in [0.3, 0.4) is 0 Å². The summed E-state index contributed by atoms with van der Waals surface area (Å²) in [5.41, 5.74) is 2.75. The summed E-state index contributed by atoms with van der Waals surface area (Å²) >= 11 is 0.